The fourth-order valence-corrected chi connectivity index (χ4v) is 3.29. The van der Waals surface area contributed by atoms with Crippen LogP contribution in [0, 0.1) is 0 Å². The first-order valence-corrected chi connectivity index (χ1v) is 8.98. The highest BCUT2D eigenvalue weighted by atomic mass is 35.5. The van der Waals surface area contributed by atoms with Crippen molar-refractivity contribution in [3.05, 3.63) is 65.7 Å². The lowest BCUT2D eigenvalue weighted by Gasteiger charge is -2.26. The standard InChI is InChI=1S/C21H28N2O.ClH/c1-23(20-8-5-14-22-15-13-20)16-18-9-11-21(12-10-18)24-17-19-6-3-2-4-7-19;/h2-4,6-7,9-12,20,22H,5,8,13-17H2,1H3;1H. The molecule has 0 saturated carbocycles. The van der Waals surface area contributed by atoms with Crippen molar-refractivity contribution in [3.8, 4) is 5.75 Å². The molecule has 1 atom stereocenters. The molecule has 0 amide bonds. The van der Waals surface area contributed by atoms with Crippen LogP contribution in [0.5, 0.6) is 5.75 Å². The Bertz CT molecular complexity index is 595. The van der Waals surface area contributed by atoms with E-state index in [4.69, 9.17) is 4.74 Å². The van der Waals surface area contributed by atoms with Crippen LogP contribution in [0.3, 0.4) is 0 Å². The van der Waals surface area contributed by atoms with E-state index in [-0.39, 0.29) is 12.4 Å². The summed E-state index contributed by atoms with van der Waals surface area (Å²) in [7, 11) is 2.25. The van der Waals surface area contributed by atoms with Crippen LogP contribution in [-0.2, 0) is 13.2 Å². The van der Waals surface area contributed by atoms with E-state index in [1.165, 1.54) is 30.4 Å². The Morgan fingerprint density at radius 2 is 1.72 bits per heavy atom. The molecule has 1 aliphatic rings. The largest absolute Gasteiger partial charge is 0.489 e. The zero-order valence-corrected chi connectivity index (χ0v) is 15.8. The minimum atomic E-state index is 0. The molecule has 2 aromatic carbocycles. The average Bonchev–Trinajstić information content (AvgIpc) is 2.91. The average molecular weight is 361 g/mol. The summed E-state index contributed by atoms with van der Waals surface area (Å²) in [4.78, 5) is 2.49. The van der Waals surface area contributed by atoms with Crippen molar-refractivity contribution in [2.24, 2.45) is 0 Å². The predicted molar refractivity (Wildman–Crippen MR) is 106 cm³/mol. The molecular formula is C21H29ClN2O. The third kappa shape index (κ3) is 6.35. The number of hydrogen-bond acceptors (Lipinski definition) is 3. The number of ether oxygens (including phenoxy) is 1. The van der Waals surface area contributed by atoms with Gasteiger partial charge in [0.25, 0.3) is 0 Å². The maximum absolute atomic E-state index is 5.86. The second-order valence-corrected chi connectivity index (χ2v) is 6.67. The lowest BCUT2D eigenvalue weighted by atomic mass is 10.1. The number of nitrogens with one attached hydrogen (secondary N) is 1. The van der Waals surface area contributed by atoms with E-state index < -0.39 is 0 Å². The van der Waals surface area contributed by atoms with Gasteiger partial charge >= 0.3 is 0 Å². The van der Waals surface area contributed by atoms with Crippen molar-refractivity contribution in [3.63, 3.8) is 0 Å². The topological polar surface area (TPSA) is 24.5 Å². The van der Waals surface area contributed by atoms with Gasteiger partial charge in [0, 0.05) is 12.6 Å². The lowest BCUT2D eigenvalue weighted by Crippen LogP contribution is -2.31. The fraction of sp³-hybridized carbons (Fsp3) is 0.429. The number of nitrogens with zero attached hydrogens (tertiary/aromatic N) is 1. The van der Waals surface area contributed by atoms with Crippen molar-refractivity contribution in [2.45, 2.75) is 38.5 Å². The number of halogens is 1. The Hall–Kier alpha value is -1.55. The van der Waals surface area contributed by atoms with Crippen molar-refractivity contribution < 1.29 is 4.74 Å². The first-order chi connectivity index (χ1) is 11.8. The quantitative estimate of drug-likeness (QED) is 0.832. The minimum absolute atomic E-state index is 0. The Kier molecular flexibility index (Phi) is 8.26. The molecule has 0 spiro atoms. The second kappa shape index (κ2) is 10.4. The van der Waals surface area contributed by atoms with E-state index in [9.17, 15) is 0 Å². The molecule has 1 aliphatic heterocycles. The summed E-state index contributed by atoms with van der Waals surface area (Å²) in [5, 5.41) is 3.49. The first-order valence-electron chi connectivity index (χ1n) is 8.98. The second-order valence-electron chi connectivity index (χ2n) is 6.67. The third-order valence-corrected chi connectivity index (χ3v) is 4.77. The van der Waals surface area contributed by atoms with Crippen molar-refractivity contribution in [1.29, 1.82) is 0 Å². The maximum Gasteiger partial charge on any atom is 0.119 e. The van der Waals surface area contributed by atoms with E-state index in [1.54, 1.807) is 0 Å². The highest BCUT2D eigenvalue weighted by Crippen LogP contribution is 2.18. The normalized spacial score (nSPS) is 17.6. The molecule has 2 aromatic rings. The molecule has 136 valence electrons. The van der Waals surface area contributed by atoms with Gasteiger partial charge in [0.05, 0.1) is 0 Å². The van der Waals surface area contributed by atoms with Crippen LogP contribution >= 0.6 is 12.4 Å². The van der Waals surface area contributed by atoms with E-state index >= 15 is 0 Å². The zero-order chi connectivity index (χ0) is 16.6. The number of benzene rings is 2. The molecule has 3 rings (SSSR count). The number of hydrogen-bond donors (Lipinski definition) is 1. The number of rotatable bonds is 6. The van der Waals surface area contributed by atoms with E-state index in [1.807, 2.05) is 18.2 Å². The Labute approximate surface area is 157 Å². The molecule has 1 fully saturated rings. The van der Waals surface area contributed by atoms with Gasteiger partial charge in [-0.3, -0.25) is 4.90 Å². The summed E-state index contributed by atoms with van der Waals surface area (Å²) in [5.74, 6) is 0.934. The molecule has 0 aliphatic carbocycles. The molecule has 0 radical (unpaired) electrons. The van der Waals surface area contributed by atoms with Gasteiger partial charge in [-0.25, -0.2) is 0 Å². The van der Waals surface area contributed by atoms with Gasteiger partial charge in [-0.05, 0) is 62.7 Å². The summed E-state index contributed by atoms with van der Waals surface area (Å²) in [5.41, 5.74) is 2.55. The van der Waals surface area contributed by atoms with Gasteiger partial charge < -0.3 is 10.1 Å². The molecule has 1 heterocycles. The van der Waals surface area contributed by atoms with Crippen LogP contribution in [0.2, 0.25) is 0 Å². The Morgan fingerprint density at radius 1 is 0.960 bits per heavy atom. The highest BCUT2D eigenvalue weighted by molar-refractivity contribution is 5.85. The summed E-state index contributed by atoms with van der Waals surface area (Å²) in [6.07, 6.45) is 3.82. The van der Waals surface area contributed by atoms with Crippen molar-refractivity contribution >= 4 is 12.4 Å². The van der Waals surface area contributed by atoms with Gasteiger partial charge in [0.2, 0.25) is 0 Å². The van der Waals surface area contributed by atoms with Crippen molar-refractivity contribution in [1.82, 2.24) is 10.2 Å². The SMILES string of the molecule is CN(Cc1ccc(OCc2ccccc2)cc1)C1CCCNCC1.Cl. The fourth-order valence-electron chi connectivity index (χ4n) is 3.29. The molecular weight excluding hydrogens is 332 g/mol. The van der Waals surface area contributed by atoms with E-state index in [2.05, 4.69) is 53.7 Å². The van der Waals surface area contributed by atoms with Gasteiger partial charge in [-0.1, -0.05) is 42.5 Å². The molecule has 25 heavy (non-hydrogen) atoms. The summed E-state index contributed by atoms with van der Waals surface area (Å²) < 4.78 is 5.86. The molecule has 1 unspecified atom stereocenters. The third-order valence-electron chi connectivity index (χ3n) is 4.77. The van der Waals surface area contributed by atoms with E-state index in [0.29, 0.717) is 12.6 Å². The summed E-state index contributed by atoms with van der Waals surface area (Å²) in [6.45, 7) is 3.93. The molecule has 0 bridgehead atoms. The van der Waals surface area contributed by atoms with Crippen LogP contribution < -0.4 is 10.1 Å². The summed E-state index contributed by atoms with van der Waals surface area (Å²) >= 11 is 0. The van der Waals surface area contributed by atoms with Crippen LogP contribution in [0.15, 0.2) is 54.6 Å². The molecule has 0 aromatic heterocycles. The highest BCUT2D eigenvalue weighted by Gasteiger charge is 2.16. The maximum atomic E-state index is 5.86. The molecule has 1 N–H and O–H groups in total. The van der Waals surface area contributed by atoms with Gasteiger partial charge in [-0.15, -0.1) is 12.4 Å². The van der Waals surface area contributed by atoms with Crippen molar-refractivity contribution in [2.75, 3.05) is 20.1 Å². The summed E-state index contributed by atoms with van der Waals surface area (Å²) in [6, 6.07) is 19.5. The lowest BCUT2D eigenvalue weighted by molar-refractivity contribution is 0.216. The van der Waals surface area contributed by atoms with Crippen LogP contribution in [0.1, 0.15) is 30.4 Å². The zero-order valence-electron chi connectivity index (χ0n) is 15.0. The Morgan fingerprint density at radius 3 is 2.48 bits per heavy atom. The van der Waals surface area contributed by atoms with Crippen LogP contribution in [0.4, 0.5) is 0 Å². The van der Waals surface area contributed by atoms with Crippen LogP contribution in [-0.4, -0.2) is 31.1 Å². The van der Waals surface area contributed by atoms with Gasteiger partial charge in [0.1, 0.15) is 12.4 Å². The van der Waals surface area contributed by atoms with Gasteiger partial charge in [-0.2, -0.15) is 0 Å². The molecule has 3 nitrogen and oxygen atoms in total. The Balaban J connectivity index is 0.00000225. The molecule has 1 saturated heterocycles. The predicted octanol–water partition coefficient (Wildman–Crippen LogP) is 4.26. The first kappa shape index (κ1) is 19.8. The van der Waals surface area contributed by atoms with Crippen LogP contribution in [0.25, 0.3) is 0 Å². The smallest absolute Gasteiger partial charge is 0.119 e. The monoisotopic (exact) mass is 360 g/mol. The van der Waals surface area contributed by atoms with Gasteiger partial charge in [0.15, 0.2) is 0 Å². The van der Waals surface area contributed by atoms with E-state index in [0.717, 1.165) is 25.4 Å². The minimum Gasteiger partial charge on any atom is -0.489 e. The molecule has 4 heteroatoms.